The molecule has 2 rings (SSSR count). The van der Waals surface area contributed by atoms with Crippen molar-refractivity contribution in [2.45, 2.75) is 12.6 Å². The predicted molar refractivity (Wildman–Crippen MR) is 60.7 cm³/mol. The Morgan fingerprint density at radius 1 is 1.24 bits per heavy atom. The van der Waals surface area contributed by atoms with Gasteiger partial charge in [0.2, 0.25) is 0 Å². The molecule has 5 heteroatoms. The minimum Gasteiger partial charge on any atom is -0.340 e. The molecule has 1 aromatic carbocycles. The lowest BCUT2D eigenvalue weighted by Crippen LogP contribution is -2.10. The minimum absolute atomic E-state index is 0.488. The molecule has 2 nitrogen and oxygen atoms in total. The van der Waals surface area contributed by atoms with Crippen LogP contribution in [0, 0.1) is 0 Å². The Morgan fingerprint density at radius 2 is 1.94 bits per heavy atom. The fourth-order valence-electron chi connectivity index (χ4n) is 1.97. The molecule has 0 saturated carbocycles. The molecule has 1 heterocycles. The summed E-state index contributed by atoms with van der Waals surface area (Å²) in [6, 6.07) is 6.45. The lowest BCUT2D eigenvalue weighted by atomic mass is 10.1. The zero-order valence-electron chi connectivity index (χ0n) is 9.38. The number of nitrogens with zero attached hydrogens (tertiary/aromatic N) is 1. The van der Waals surface area contributed by atoms with Crippen LogP contribution in [0.25, 0.3) is 10.9 Å². The van der Waals surface area contributed by atoms with Crippen LogP contribution in [-0.4, -0.2) is 11.1 Å². The van der Waals surface area contributed by atoms with Crippen molar-refractivity contribution in [3.05, 3.63) is 35.5 Å². The summed E-state index contributed by atoms with van der Waals surface area (Å²) in [7, 11) is 1.43. The van der Waals surface area contributed by atoms with Crippen molar-refractivity contribution >= 4 is 10.9 Å². The summed E-state index contributed by atoms with van der Waals surface area (Å²) < 4.78 is 39.3. The molecule has 0 spiro atoms. The smallest absolute Gasteiger partial charge is 0.340 e. The molecule has 0 atom stereocenters. The Morgan fingerprint density at radius 3 is 2.53 bits per heavy atom. The second-order valence-corrected chi connectivity index (χ2v) is 4.02. The number of hydrogen-bond donors (Lipinski definition) is 1. The molecule has 0 bridgehead atoms. The number of nitrogens with two attached hydrogens (primary N) is 1. The van der Waals surface area contributed by atoms with Gasteiger partial charge in [0.05, 0.1) is 0 Å². The van der Waals surface area contributed by atoms with Crippen molar-refractivity contribution in [2.24, 2.45) is 12.8 Å². The van der Waals surface area contributed by atoms with Gasteiger partial charge in [0.15, 0.2) is 0 Å². The summed E-state index contributed by atoms with van der Waals surface area (Å²) in [6.07, 6.45) is -3.65. The van der Waals surface area contributed by atoms with Gasteiger partial charge in [-0.3, -0.25) is 0 Å². The van der Waals surface area contributed by atoms with Gasteiger partial charge in [-0.25, -0.2) is 0 Å². The number of rotatable bonds is 2. The zero-order valence-corrected chi connectivity index (χ0v) is 9.38. The predicted octanol–water partition coefficient (Wildman–Crippen LogP) is 2.70. The number of benzene rings is 1. The van der Waals surface area contributed by atoms with Gasteiger partial charge in [0, 0.05) is 18.0 Å². The maximum atomic E-state index is 12.7. The van der Waals surface area contributed by atoms with E-state index in [1.807, 2.05) is 6.07 Å². The highest BCUT2D eigenvalue weighted by atomic mass is 19.4. The van der Waals surface area contributed by atoms with E-state index in [1.54, 1.807) is 12.1 Å². The Bertz CT molecular complexity index is 540. The van der Waals surface area contributed by atoms with Crippen LogP contribution in [0.1, 0.15) is 11.3 Å². The summed E-state index contributed by atoms with van der Waals surface area (Å²) in [4.78, 5) is 0. The van der Waals surface area contributed by atoms with Crippen LogP contribution in [0.3, 0.4) is 0 Å². The molecule has 0 unspecified atom stereocenters. The monoisotopic (exact) mass is 242 g/mol. The standard InChI is InChI=1S/C12H13F3N2/c1-17-10-6-8(4-5-16)2-3-9(10)7-11(17)12(13,14)15/h2-3,6-7H,4-5,16H2,1H3. The van der Waals surface area contributed by atoms with Crippen molar-refractivity contribution in [1.82, 2.24) is 4.57 Å². The molecule has 0 saturated heterocycles. The van der Waals surface area contributed by atoms with Gasteiger partial charge in [-0.15, -0.1) is 0 Å². The van der Waals surface area contributed by atoms with Crippen LogP contribution in [0.5, 0.6) is 0 Å². The van der Waals surface area contributed by atoms with E-state index < -0.39 is 11.9 Å². The van der Waals surface area contributed by atoms with E-state index in [4.69, 9.17) is 5.73 Å². The number of fused-ring (bicyclic) bond motifs is 1. The third kappa shape index (κ3) is 2.15. The molecule has 2 N–H and O–H groups in total. The number of aryl methyl sites for hydroxylation is 1. The van der Waals surface area contributed by atoms with Gasteiger partial charge in [-0.1, -0.05) is 12.1 Å². The van der Waals surface area contributed by atoms with Crippen molar-refractivity contribution in [3.63, 3.8) is 0 Å². The van der Waals surface area contributed by atoms with Gasteiger partial charge < -0.3 is 10.3 Å². The van der Waals surface area contributed by atoms with Crippen LogP contribution in [-0.2, 0) is 19.6 Å². The second-order valence-electron chi connectivity index (χ2n) is 4.02. The van der Waals surface area contributed by atoms with Gasteiger partial charge in [-0.2, -0.15) is 13.2 Å². The topological polar surface area (TPSA) is 30.9 Å². The first-order chi connectivity index (χ1) is 7.93. The molecule has 0 aliphatic heterocycles. The van der Waals surface area contributed by atoms with E-state index in [9.17, 15) is 13.2 Å². The zero-order chi connectivity index (χ0) is 12.6. The fraction of sp³-hybridized carbons (Fsp3) is 0.333. The Balaban J connectivity index is 2.59. The van der Waals surface area contributed by atoms with Gasteiger partial charge >= 0.3 is 6.18 Å². The molecule has 0 radical (unpaired) electrons. The summed E-state index contributed by atoms with van der Waals surface area (Å²) in [5.41, 5.74) is 6.34. The molecule has 1 aromatic heterocycles. The quantitative estimate of drug-likeness (QED) is 0.862. The third-order valence-electron chi connectivity index (χ3n) is 2.83. The number of alkyl halides is 3. The van der Waals surface area contributed by atoms with Crippen LogP contribution in [0.2, 0.25) is 0 Å². The minimum atomic E-state index is -4.32. The van der Waals surface area contributed by atoms with Crippen LogP contribution in [0.4, 0.5) is 13.2 Å². The highest BCUT2D eigenvalue weighted by Crippen LogP contribution is 2.33. The van der Waals surface area contributed by atoms with Crippen molar-refractivity contribution < 1.29 is 13.2 Å². The SMILES string of the molecule is Cn1c(C(F)(F)F)cc2ccc(CCN)cc21. The van der Waals surface area contributed by atoms with E-state index in [1.165, 1.54) is 17.7 Å². The molecule has 2 aromatic rings. The van der Waals surface area contributed by atoms with E-state index in [2.05, 4.69) is 0 Å². The normalized spacial score (nSPS) is 12.3. The Kier molecular flexibility index (Phi) is 2.87. The van der Waals surface area contributed by atoms with Crippen LogP contribution >= 0.6 is 0 Å². The first-order valence-corrected chi connectivity index (χ1v) is 5.29. The number of aromatic nitrogens is 1. The Hall–Kier alpha value is -1.49. The lowest BCUT2D eigenvalue weighted by molar-refractivity contribution is -0.142. The molecule has 0 amide bonds. The van der Waals surface area contributed by atoms with Crippen LogP contribution in [0.15, 0.2) is 24.3 Å². The molecule has 17 heavy (non-hydrogen) atoms. The lowest BCUT2D eigenvalue weighted by Gasteiger charge is -2.08. The van der Waals surface area contributed by atoms with Crippen molar-refractivity contribution in [1.29, 1.82) is 0 Å². The van der Waals surface area contributed by atoms with Gasteiger partial charge in [0.1, 0.15) is 5.69 Å². The third-order valence-corrected chi connectivity index (χ3v) is 2.83. The summed E-state index contributed by atoms with van der Waals surface area (Å²) in [6.45, 7) is 0.488. The van der Waals surface area contributed by atoms with E-state index in [-0.39, 0.29) is 0 Å². The molecule has 92 valence electrons. The average molecular weight is 242 g/mol. The summed E-state index contributed by atoms with van der Waals surface area (Å²) in [5.74, 6) is 0. The van der Waals surface area contributed by atoms with E-state index in [0.717, 1.165) is 5.56 Å². The maximum absolute atomic E-state index is 12.7. The van der Waals surface area contributed by atoms with Crippen molar-refractivity contribution in [2.75, 3.05) is 6.54 Å². The summed E-state index contributed by atoms with van der Waals surface area (Å²) >= 11 is 0. The molecule has 0 aliphatic carbocycles. The molecular formula is C12H13F3N2. The first-order valence-electron chi connectivity index (χ1n) is 5.29. The number of hydrogen-bond acceptors (Lipinski definition) is 1. The average Bonchev–Trinajstić information content (AvgIpc) is 2.56. The highest BCUT2D eigenvalue weighted by molar-refractivity contribution is 5.82. The van der Waals surface area contributed by atoms with Crippen LogP contribution < -0.4 is 5.73 Å². The highest BCUT2D eigenvalue weighted by Gasteiger charge is 2.34. The van der Waals surface area contributed by atoms with E-state index in [0.29, 0.717) is 23.9 Å². The largest absolute Gasteiger partial charge is 0.431 e. The maximum Gasteiger partial charge on any atom is 0.431 e. The first kappa shape index (κ1) is 12.0. The molecule has 0 aliphatic rings. The number of halogens is 3. The fourth-order valence-corrected chi connectivity index (χ4v) is 1.97. The van der Waals surface area contributed by atoms with Gasteiger partial charge in [0.25, 0.3) is 0 Å². The van der Waals surface area contributed by atoms with Gasteiger partial charge in [-0.05, 0) is 30.7 Å². The molecular weight excluding hydrogens is 229 g/mol. The Labute approximate surface area is 96.8 Å². The second kappa shape index (κ2) is 4.07. The molecule has 0 fully saturated rings. The summed E-state index contributed by atoms with van der Waals surface area (Å²) in [5, 5.41) is 0.598. The van der Waals surface area contributed by atoms with Crippen molar-refractivity contribution in [3.8, 4) is 0 Å². The van der Waals surface area contributed by atoms with E-state index >= 15 is 0 Å².